The molecule has 0 heterocycles. The van der Waals surface area contributed by atoms with E-state index in [9.17, 15) is 0 Å². The Hall–Kier alpha value is 1.36. The van der Waals surface area contributed by atoms with Crippen molar-refractivity contribution in [3.63, 3.8) is 0 Å². The molecule has 1 nitrogen and oxygen atoms in total. The van der Waals surface area contributed by atoms with Crippen LogP contribution in [0.5, 0.6) is 0 Å². The van der Waals surface area contributed by atoms with Crippen molar-refractivity contribution in [3.8, 4) is 0 Å². The minimum Gasteiger partial charge on any atom is -0.315 e. The first-order chi connectivity index (χ1) is 8.41. The van der Waals surface area contributed by atoms with Gasteiger partial charge in [0.2, 0.25) is 0 Å². The number of thioether (sulfide) groups is 4. The van der Waals surface area contributed by atoms with Crippen LogP contribution < -0.4 is 5.32 Å². The Balaban J connectivity index is 2.85. The van der Waals surface area contributed by atoms with E-state index in [1.165, 1.54) is 59.1 Å². The zero-order chi connectivity index (χ0) is 12.6. The summed E-state index contributed by atoms with van der Waals surface area (Å²) in [6.07, 6.45) is 0. The third kappa shape index (κ3) is 17.4. The molecule has 0 aromatic heterocycles. The maximum atomic E-state index is 3.51. The van der Waals surface area contributed by atoms with E-state index < -0.39 is 0 Å². The summed E-state index contributed by atoms with van der Waals surface area (Å²) < 4.78 is 0. The molecule has 0 aromatic rings. The van der Waals surface area contributed by atoms with Gasteiger partial charge < -0.3 is 5.32 Å². The van der Waals surface area contributed by atoms with E-state index >= 15 is 0 Å². The van der Waals surface area contributed by atoms with E-state index in [0.29, 0.717) is 0 Å². The molecule has 17 heavy (non-hydrogen) atoms. The Kier molecular flexibility index (Phi) is 18.7. The maximum absolute atomic E-state index is 3.51. The second-order valence-corrected chi connectivity index (χ2v) is 8.61. The van der Waals surface area contributed by atoms with Gasteiger partial charge >= 0.3 is 0 Å². The van der Waals surface area contributed by atoms with Gasteiger partial charge in [-0.2, -0.15) is 47.0 Å². The van der Waals surface area contributed by atoms with Gasteiger partial charge in [0.25, 0.3) is 0 Å². The van der Waals surface area contributed by atoms with Gasteiger partial charge in [-0.25, -0.2) is 0 Å². The molecule has 0 fully saturated rings. The molecule has 0 rings (SSSR count). The molecular weight excluding hydrogens is 286 g/mol. The van der Waals surface area contributed by atoms with Gasteiger partial charge in [0.1, 0.15) is 0 Å². The molecule has 0 aliphatic rings. The third-order valence-electron chi connectivity index (χ3n) is 2.00. The lowest BCUT2D eigenvalue weighted by Crippen LogP contribution is -2.20. The summed E-state index contributed by atoms with van der Waals surface area (Å²) in [7, 11) is 0. The van der Waals surface area contributed by atoms with Gasteiger partial charge in [0, 0.05) is 47.6 Å². The van der Waals surface area contributed by atoms with Crippen LogP contribution >= 0.6 is 47.0 Å². The van der Waals surface area contributed by atoms with Crippen LogP contribution in [0.3, 0.4) is 0 Å². The van der Waals surface area contributed by atoms with E-state index in [2.05, 4.69) is 42.7 Å². The number of hydrogen-bond donors (Lipinski definition) is 1. The van der Waals surface area contributed by atoms with Gasteiger partial charge in [0.15, 0.2) is 0 Å². The van der Waals surface area contributed by atoms with Crippen molar-refractivity contribution in [1.82, 2.24) is 5.32 Å². The lowest BCUT2D eigenvalue weighted by Gasteiger charge is -2.04. The summed E-state index contributed by atoms with van der Waals surface area (Å²) >= 11 is 8.23. The summed E-state index contributed by atoms with van der Waals surface area (Å²) in [6.45, 7) is 6.80. The fraction of sp³-hybridized carbons (Fsp3) is 1.00. The Morgan fingerprint density at radius 1 is 0.588 bits per heavy atom. The first-order valence-corrected chi connectivity index (χ1v) is 11.0. The highest BCUT2D eigenvalue weighted by Crippen LogP contribution is 2.06. The average molecular weight is 314 g/mol. The van der Waals surface area contributed by atoms with Crippen molar-refractivity contribution >= 4 is 47.0 Å². The molecule has 0 radical (unpaired) electrons. The SMILES string of the molecule is CCSCCSCCNCCSCCSCC. The van der Waals surface area contributed by atoms with Crippen LogP contribution in [0.4, 0.5) is 0 Å². The minimum absolute atomic E-state index is 1.17. The van der Waals surface area contributed by atoms with Gasteiger partial charge in [-0.1, -0.05) is 13.8 Å². The third-order valence-corrected chi connectivity index (χ3v) is 6.29. The van der Waals surface area contributed by atoms with E-state index in [0.717, 1.165) is 0 Å². The molecule has 0 aliphatic carbocycles. The fourth-order valence-corrected chi connectivity index (χ4v) is 4.59. The average Bonchev–Trinajstić information content (AvgIpc) is 2.35. The van der Waals surface area contributed by atoms with Gasteiger partial charge in [-0.05, 0) is 11.5 Å². The molecule has 5 heteroatoms. The summed E-state index contributed by atoms with van der Waals surface area (Å²) in [5, 5.41) is 3.51. The Labute approximate surface area is 125 Å². The normalized spacial score (nSPS) is 10.9. The molecule has 0 saturated heterocycles. The Morgan fingerprint density at radius 3 is 1.41 bits per heavy atom. The summed E-state index contributed by atoms with van der Waals surface area (Å²) in [5.74, 6) is 10.3. The fourth-order valence-electron chi connectivity index (χ4n) is 1.14. The van der Waals surface area contributed by atoms with Crippen molar-refractivity contribution in [3.05, 3.63) is 0 Å². The molecule has 0 spiro atoms. The van der Waals surface area contributed by atoms with E-state index in [-0.39, 0.29) is 0 Å². The van der Waals surface area contributed by atoms with E-state index in [1.54, 1.807) is 0 Å². The van der Waals surface area contributed by atoms with Gasteiger partial charge in [-0.15, -0.1) is 0 Å². The van der Waals surface area contributed by atoms with Crippen molar-refractivity contribution in [2.45, 2.75) is 13.8 Å². The lowest BCUT2D eigenvalue weighted by atomic mass is 10.7. The predicted molar refractivity (Wildman–Crippen MR) is 93.5 cm³/mol. The Bertz CT molecular complexity index is 122. The highest BCUT2D eigenvalue weighted by Gasteiger charge is 1.92. The number of nitrogens with one attached hydrogen (secondary N) is 1. The molecule has 0 unspecified atom stereocenters. The highest BCUT2D eigenvalue weighted by molar-refractivity contribution is 8.03. The second kappa shape index (κ2) is 17.4. The second-order valence-electron chi connectivity index (χ2n) is 3.37. The molecule has 0 amide bonds. The molecule has 0 aromatic carbocycles. The predicted octanol–water partition coefficient (Wildman–Crippen LogP) is 3.55. The van der Waals surface area contributed by atoms with E-state index in [1.807, 2.05) is 23.5 Å². The van der Waals surface area contributed by atoms with Crippen molar-refractivity contribution in [2.75, 3.05) is 59.1 Å². The van der Waals surface area contributed by atoms with Crippen molar-refractivity contribution in [2.24, 2.45) is 0 Å². The standard InChI is InChI=1S/C12H27NS4/c1-3-14-9-11-16-7-5-13-6-8-17-12-10-15-4-2/h13H,3-12H2,1-2H3. The molecule has 104 valence electrons. The van der Waals surface area contributed by atoms with Crippen molar-refractivity contribution in [1.29, 1.82) is 0 Å². The van der Waals surface area contributed by atoms with Crippen LogP contribution in [0.2, 0.25) is 0 Å². The van der Waals surface area contributed by atoms with E-state index in [4.69, 9.17) is 0 Å². The molecule has 0 aliphatic heterocycles. The maximum Gasteiger partial charge on any atom is 0.00584 e. The minimum atomic E-state index is 1.17. The first kappa shape index (κ1) is 18.4. The highest BCUT2D eigenvalue weighted by atomic mass is 32.2. The van der Waals surface area contributed by atoms with Gasteiger partial charge in [0.05, 0.1) is 0 Å². The van der Waals surface area contributed by atoms with Crippen LogP contribution in [-0.2, 0) is 0 Å². The van der Waals surface area contributed by atoms with Crippen LogP contribution in [0.25, 0.3) is 0 Å². The summed E-state index contributed by atoms with van der Waals surface area (Å²) in [5.41, 5.74) is 0. The van der Waals surface area contributed by atoms with Crippen LogP contribution in [0, 0.1) is 0 Å². The quantitative estimate of drug-likeness (QED) is 0.491. The summed E-state index contributed by atoms with van der Waals surface area (Å²) in [4.78, 5) is 0. The topological polar surface area (TPSA) is 12.0 Å². The first-order valence-electron chi connectivity index (χ1n) is 6.43. The van der Waals surface area contributed by atoms with Gasteiger partial charge in [-0.3, -0.25) is 0 Å². The summed E-state index contributed by atoms with van der Waals surface area (Å²) in [6, 6.07) is 0. The number of hydrogen-bond acceptors (Lipinski definition) is 5. The number of rotatable bonds is 14. The monoisotopic (exact) mass is 313 g/mol. The molecule has 0 atom stereocenters. The largest absolute Gasteiger partial charge is 0.315 e. The Morgan fingerprint density at radius 2 is 1.00 bits per heavy atom. The van der Waals surface area contributed by atoms with Crippen LogP contribution in [-0.4, -0.2) is 59.1 Å². The lowest BCUT2D eigenvalue weighted by molar-refractivity contribution is 0.774. The smallest absolute Gasteiger partial charge is 0.00584 e. The zero-order valence-electron chi connectivity index (χ0n) is 11.2. The van der Waals surface area contributed by atoms with Crippen LogP contribution in [0.1, 0.15) is 13.8 Å². The van der Waals surface area contributed by atoms with Crippen molar-refractivity contribution < 1.29 is 0 Å². The molecular formula is C12H27NS4. The van der Waals surface area contributed by atoms with Crippen LogP contribution in [0.15, 0.2) is 0 Å². The molecule has 1 N–H and O–H groups in total. The zero-order valence-corrected chi connectivity index (χ0v) is 14.5. The molecule has 0 bridgehead atoms. The molecule has 0 saturated carbocycles.